The van der Waals surface area contributed by atoms with Crippen LogP contribution >= 0.6 is 11.8 Å². The van der Waals surface area contributed by atoms with Gasteiger partial charge in [-0.25, -0.2) is 5.01 Å². The second kappa shape index (κ2) is 10.3. The molecule has 2 aromatic carbocycles. The Kier molecular flexibility index (Phi) is 7.57. The highest BCUT2D eigenvalue weighted by atomic mass is 32.2. The predicted octanol–water partition coefficient (Wildman–Crippen LogP) is 4.15. The number of amides is 2. The van der Waals surface area contributed by atoms with Crippen LogP contribution in [-0.2, 0) is 9.59 Å². The maximum Gasteiger partial charge on any atom is 0.241 e. The van der Waals surface area contributed by atoms with Crippen LogP contribution in [0.25, 0.3) is 0 Å². The first kappa shape index (κ1) is 22.7. The van der Waals surface area contributed by atoms with Crippen LogP contribution < -0.4 is 14.8 Å². The molecule has 0 aromatic heterocycles. The summed E-state index contributed by atoms with van der Waals surface area (Å²) < 4.78 is 11.6. The molecule has 0 saturated carbocycles. The van der Waals surface area contributed by atoms with Crippen LogP contribution in [0.3, 0.4) is 0 Å². The molecule has 7 nitrogen and oxygen atoms in total. The minimum Gasteiger partial charge on any atom is -0.493 e. The lowest BCUT2D eigenvalue weighted by molar-refractivity contribution is -0.129. The monoisotopic (exact) mass is 441 g/mol. The fourth-order valence-electron chi connectivity index (χ4n) is 2.95. The van der Waals surface area contributed by atoms with E-state index in [0.717, 1.165) is 23.5 Å². The zero-order valence-corrected chi connectivity index (χ0v) is 19.0. The molecule has 164 valence electrons. The molecule has 1 aliphatic heterocycles. The maximum atomic E-state index is 11.9. The Balaban J connectivity index is 1.48. The van der Waals surface area contributed by atoms with Gasteiger partial charge >= 0.3 is 0 Å². The summed E-state index contributed by atoms with van der Waals surface area (Å²) >= 11 is 1.32. The smallest absolute Gasteiger partial charge is 0.241 e. The van der Waals surface area contributed by atoms with E-state index in [2.05, 4.69) is 30.3 Å². The van der Waals surface area contributed by atoms with E-state index in [9.17, 15) is 9.59 Å². The van der Waals surface area contributed by atoms with Gasteiger partial charge in [0.25, 0.3) is 0 Å². The van der Waals surface area contributed by atoms with E-state index in [1.807, 2.05) is 36.4 Å². The fraction of sp³-hybridized carbons (Fsp3) is 0.348. The van der Waals surface area contributed by atoms with Gasteiger partial charge in [0.1, 0.15) is 16.9 Å². The molecule has 0 bridgehead atoms. The highest BCUT2D eigenvalue weighted by Gasteiger charge is 2.32. The standard InChI is InChI=1S/C23H27N3O4S/c1-15-6-9-21(14-16(15)2)30-13-5-12-29-20-10-7-19(8-11-20)22-26(18(4)28)25-23(31-22)24-17(3)27/h6-11,14,22H,5,12-13H2,1-4H3,(H,24,25,27)/t22-/m1/s1. The summed E-state index contributed by atoms with van der Waals surface area (Å²) in [6, 6.07) is 13.6. The van der Waals surface area contributed by atoms with Crippen molar-refractivity contribution in [3.05, 3.63) is 59.2 Å². The molecule has 0 saturated heterocycles. The van der Waals surface area contributed by atoms with Crippen molar-refractivity contribution < 1.29 is 19.1 Å². The number of ether oxygens (including phenoxy) is 2. The normalized spacial score (nSPS) is 15.4. The lowest BCUT2D eigenvalue weighted by atomic mass is 10.1. The third-order valence-electron chi connectivity index (χ3n) is 4.72. The van der Waals surface area contributed by atoms with Crippen LogP contribution in [0.2, 0.25) is 0 Å². The van der Waals surface area contributed by atoms with Gasteiger partial charge in [-0.1, -0.05) is 30.0 Å². The van der Waals surface area contributed by atoms with Crippen molar-refractivity contribution in [3.8, 4) is 11.5 Å². The molecule has 0 aliphatic carbocycles. The van der Waals surface area contributed by atoms with Crippen LogP contribution in [0.4, 0.5) is 0 Å². The van der Waals surface area contributed by atoms with Gasteiger partial charge in [-0.2, -0.15) is 0 Å². The van der Waals surface area contributed by atoms with Gasteiger partial charge < -0.3 is 14.8 Å². The van der Waals surface area contributed by atoms with Crippen molar-refractivity contribution in [1.29, 1.82) is 0 Å². The van der Waals surface area contributed by atoms with Gasteiger partial charge in [0.05, 0.1) is 13.2 Å². The molecule has 1 heterocycles. The zero-order chi connectivity index (χ0) is 22.4. The lowest BCUT2D eigenvalue weighted by Gasteiger charge is -2.19. The summed E-state index contributed by atoms with van der Waals surface area (Å²) in [5.41, 5.74) is 3.36. The van der Waals surface area contributed by atoms with Gasteiger partial charge in [-0.15, -0.1) is 5.10 Å². The molecule has 3 rings (SSSR count). The Morgan fingerprint density at radius 2 is 1.65 bits per heavy atom. The number of rotatable bonds is 7. The van der Waals surface area contributed by atoms with Gasteiger partial charge in [0.15, 0.2) is 5.17 Å². The number of aryl methyl sites for hydroxylation is 2. The van der Waals surface area contributed by atoms with Crippen molar-refractivity contribution in [1.82, 2.24) is 10.3 Å². The number of hydrogen-bond donors (Lipinski definition) is 1. The molecule has 2 aromatic rings. The number of nitrogens with zero attached hydrogens (tertiary/aromatic N) is 2. The number of carbonyl (C=O) groups excluding carboxylic acids is 2. The van der Waals surface area contributed by atoms with Crippen molar-refractivity contribution >= 4 is 28.7 Å². The average molecular weight is 442 g/mol. The third kappa shape index (κ3) is 6.24. The van der Waals surface area contributed by atoms with E-state index in [4.69, 9.17) is 9.47 Å². The Morgan fingerprint density at radius 3 is 2.26 bits per heavy atom. The largest absolute Gasteiger partial charge is 0.493 e. The molecule has 1 N–H and O–H groups in total. The number of benzene rings is 2. The van der Waals surface area contributed by atoms with Crippen molar-refractivity contribution in [3.63, 3.8) is 0 Å². The summed E-state index contributed by atoms with van der Waals surface area (Å²) in [4.78, 5) is 23.2. The molecule has 0 unspecified atom stereocenters. The highest BCUT2D eigenvalue weighted by Crippen LogP contribution is 2.39. The zero-order valence-electron chi connectivity index (χ0n) is 18.2. The quantitative estimate of drug-likeness (QED) is 0.653. The molecule has 1 aliphatic rings. The second-order valence-electron chi connectivity index (χ2n) is 7.29. The van der Waals surface area contributed by atoms with Gasteiger partial charge in [0.2, 0.25) is 11.8 Å². The molecular formula is C23H27N3O4S. The number of carbonyl (C=O) groups is 2. The first-order valence-corrected chi connectivity index (χ1v) is 11.0. The number of amidine groups is 1. The Morgan fingerprint density at radius 1 is 1.00 bits per heavy atom. The average Bonchev–Trinajstić information content (AvgIpc) is 3.14. The Bertz CT molecular complexity index is 975. The van der Waals surface area contributed by atoms with Gasteiger partial charge in [-0.3, -0.25) is 9.59 Å². The lowest BCUT2D eigenvalue weighted by Crippen LogP contribution is -2.25. The van der Waals surface area contributed by atoms with Crippen LogP contribution in [0, 0.1) is 13.8 Å². The SMILES string of the molecule is CC(=O)NC1=NN(C(C)=O)[C@@H](c2ccc(OCCCOc3ccc(C)c(C)c3)cc2)S1. The Labute approximate surface area is 186 Å². The molecule has 31 heavy (non-hydrogen) atoms. The van der Waals surface area contributed by atoms with E-state index in [1.54, 1.807) is 0 Å². The van der Waals surface area contributed by atoms with Crippen molar-refractivity contribution in [2.45, 2.75) is 39.5 Å². The molecule has 2 amide bonds. The molecular weight excluding hydrogens is 414 g/mol. The van der Waals surface area contributed by atoms with E-state index < -0.39 is 0 Å². The van der Waals surface area contributed by atoms with Gasteiger partial charge in [-0.05, 0) is 54.8 Å². The van der Waals surface area contributed by atoms with E-state index in [0.29, 0.717) is 18.4 Å². The minimum absolute atomic E-state index is 0.193. The first-order chi connectivity index (χ1) is 14.8. The summed E-state index contributed by atoms with van der Waals surface area (Å²) in [7, 11) is 0. The Hall–Kier alpha value is -3.00. The van der Waals surface area contributed by atoms with Crippen LogP contribution in [0.1, 0.15) is 42.3 Å². The van der Waals surface area contributed by atoms with E-state index in [1.165, 1.54) is 41.7 Å². The van der Waals surface area contributed by atoms with E-state index in [-0.39, 0.29) is 17.2 Å². The maximum absolute atomic E-state index is 11.9. The number of hydrogen-bond acceptors (Lipinski definition) is 6. The first-order valence-electron chi connectivity index (χ1n) is 10.1. The predicted molar refractivity (Wildman–Crippen MR) is 122 cm³/mol. The molecule has 0 spiro atoms. The molecule has 0 radical (unpaired) electrons. The molecule has 8 heteroatoms. The summed E-state index contributed by atoms with van der Waals surface area (Å²) in [5.74, 6) is 1.20. The van der Waals surface area contributed by atoms with Crippen LogP contribution in [0.5, 0.6) is 11.5 Å². The summed E-state index contributed by atoms with van der Waals surface area (Å²) in [6.07, 6.45) is 0.763. The minimum atomic E-state index is -0.320. The molecule has 0 fully saturated rings. The van der Waals surface area contributed by atoms with Crippen LogP contribution in [0.15, 0.2) is 47.6 Å². The third-order valence-corrected chi connectivity index (χ3v) is 5.82. The van der Waals surface area contributed by atoms with Crippen LogP contribution in [-0.4, -0.2) is 35.2 Å². The number of thioether (sulfide) groups is 1. The second-order valence-corrected chi connectivity index (χ2v) is 8.35. The van der Waals surface area contributed by atoms with Crippen molar-refractivity contribution in [2.24, 2.45) is 5.10 Å². The van der Waals surface area contributed by atoms with E-state index >= 15 is 0 Å². The fourth-order valence-corrected chi connectivity index (χ4v) is 4.09. The summed E-state index contributed by atoms with van der Waals surface area (Å²) in [5, 5.41) is 8.30. The number of nitrogens with one attached hydrogen (secondary N) is 1. The van der Waals surface area contributed by atoms with Crippen molar-refractivity contribution in [2.75, 3.05) is 13.2 Å². The topological polar surface area (TPSA) is 80.2 Å². The summed E-state index contributed by atoms with van der Waals surface area (Å²) in [6.45, 7) is 8.13. The molecule has 1 atom stereocenters. The van der Waals surface area contributed by atoms with Gasteiger partial charge in [0, 0.05) is 20.3 Å². The number of hydrazone groups is 1. The highest BCUT2D eigenvalue weighted by molar-refractivity contribution is 8.14.